The highest BCUT2D eigenvalue weighted by Gasteiger charge is 2.70. The number of allylic oxidation sites excluding steroid dienone is 2. The van der Waals surface area contributed by atoms with Crippen LogP contribution in [-0.2, 0) is 14.3 Å². The molecule has 1 spiro atoms. The van der Waals surface area contributed by atoms with E-state index >= 15 is 0 Å². The Labute approximate surface area is 226 Å². The summed E-state index contributed by atoms with van der Waals surface area (Å²) in [7, 11) is 0. The Bertz CT molecular complexity index is 1260. The van der Waals surface area contributed by atoms with Crippen molar-refractivity contribution < 1.29 is 19.1 Å². The molecule has 4 heteroatoms. The van der Waals surface area contributed by atoms with E-state index in [1.54, 1.807) is 0 Å². The van der Waals surface area contributed by atoms with Crippen molar-refractivity contribution in [3.63, 3.8) is 0 Å². The molecule has 6 rings (SSSR count). The van der Waals surface area contributed by atoms with Crippen LogP contribution in [0.25, 0.3) is 11.1 Å². The number of esters is 2. The van der Waals surface area contributed by atoms with Gasteiger partial charge in [0.15, 0.2) is 0 Å². The second-order valence-corrected chi connectivity index (χ2v) is 13.4. The molecule has 1 unspecified atom stereocenters. The van der Waals surface area contributed by atoms with Gasteiger partial charge >= 0.3 is 11.9 Å². The van der Waals surface area contributed by atoms with Crippen LogP contribution in [0.15, 0.2) is 66.7 Å². The molecule has 2 aromatic carbocycles. The molecule has 6 atom stereocenters. The summed E-state index contributed by atoms with van der Waals surface area (Å²) >= 11 is 0. The molecule has 38 heavy (non-hydrogen) atoms. The van der Waals surface area contributed by atoms with Crippen LogP contribution in [0.2, 0.25) is 0 Å². The SMILES string of the molecule is CC1(C)C=CC[C@@]2(C)C1CC[C@]1(C)[C@@H]2CC[C@H](C(=O)Oc2ccc(-c3ccccc3)cc2)[C@]12COC(=O)C2. The van der Waals surface area contributed by atoms with Gasteiger partial charge in [0.05, 0.1) is 18.9 Å². The van der Waals surface area contributed by atoms with E-state index in [0.29, 0.717) is 30.6 Å². The lowest BCUT2D eigenvalue weighted by atomic mass is 9.36. The lowest BCUT2D eigenvalue weighted by Gasteiger charge is -2.67. The zero-order valence-electron chi connectivity index (χ0n) is 23.2. The van der Waals surface area contributed by atoms with E-state index in [1.807, 2.05) is 42.5 Å². The van der Waals surface area contributed by atoms with Crippen molar-refractivity contribution in [3.05, 3.63) is 66.7 Å². The number of hydrogen-bond donors (Lipinski definition) is 0. The van der Waals surface area contributed by atoms with Crippen LogP contribution in [0.5, 0.6) is 5.75 Å². The van der Waals surface area contributed by atoms with E-state index in [-0.39, 0.29) is 34.1 Å². The van der Waals surface area contributed by atoms with Crippen LogP contribution in [-0.4, -0.2) is 18.5 Å². The van der Waals surface area contributed by atoms with Crippen molar-refractivity contribution in [1.29, 1.82) is 0 Å². The van der Waals surface area contributed by atoms with Gasteiger partial charge in [0.2, 0.25) is 0 Å². The molecule has 4 aliphatic rings. The third-order valence-corrected chi connectivity index (χ3v) is 11.3. The number of carbonyl (C=O) groups is 2. The van der Waals surface area contributed by atoms with Gasteiger partial charge in [-0.1, -0.05) is 82.3 Å². The lowest BCUT2D eigenvalue weighted by molar-refractivity contribution is -0.203. The number of cyclic esters (lactones) is 1. The van der Waals surface area contributed by atoms with Crippen molar-refractivity contribution in [2.24, 2.45) is 39.4 Å². The number of rotatable bonds is 3. The molecule has 0 bridgehead atoms. The summed E-state index contributed by atoms with van der Waals surface area (Å²) in [5, 5.41) is 0. The van der Waals surface area contributed by atoms with Crippen LogP contribution in [0.1, 0.15) is 66.2 Å². The first-order valence-corrected chi connectivity index (χ1v) is 14.3. The molecule has 2 aromatic rings. The van der Waals surface area contributed by atoms with Gasteiger partial charge in [-0.3, -0.25) is 9.59 Å². The van der Waals surface area contributed by atoms with Crippen LogP contribution in [0.4, 0.5) is 0 Å². The van der Waals surface area contributed by atoms with Crippen LogP contribution in [0.3, 0.4) is 0 Å². The average molecular weight is 513 g/mol. The molecule has 4 nitrogen and oxygen atoms in total. The largest absolute Gasteiger partial charge is 0.465 e. The maximum Gasteiger partial charge on any atom is 0.315 e. The predicted octanol–water partition coefficient (Wildman–Crippen LogP) is 7.63. The van der Waals surface area contributed by atoms with Gasteiger partial charge in [0, 0.05) is 5.41 Å². The molecule has 0 aromatic heterocycles. The molecule has 2 saturated carbocycles. The van der Waals surface area contributed by atoms with Crippen molar-refractivity contribution in [1.82, 2.24) is 0 Å². The van der Waals surface area contributed by atoms with Gasteiger partial charge in [0.25, 0.3) is 0 Å². The van der Waals surface area contributed by atoms with Crippen molar-refractivity contribution in [2.75, 3.05) is 6.61 Å². The summed E-state index contributed by atoms with van der Waals surface area (Å²) in [4.78, 5) is 26.6. The first-order chi connectivity index (χ1) is 18.1. The molecular weight excluding hydrogens is 472 g/mol. The maximum atomic E-state index is 13.9. The van der Waals surface area contributed by atoms with E-state index < -0.39 is 5.41 Å². The summed E-state index contributed by atoms with van der Waals surface area (Å²) < 4.78 is 11.7. The fourth-order valence-corrected chi connectivity index (χ4v) is 9.45. The fourth-order valence-electron chi connectivity index (χ4n) is 9.45. The Hall–Kier alpha value is -2.88. The van der Waals surface area contributed by atoms with Crippen LogP contribution < -0.4 is 4.74 Å². The Kier molecular flexibility index (Phi) is 5.90. The maximum absolute atomic E-state index is 13.9. The molecule has 200 valence electrons. The summed E-state index contributed by atoms with van der Waals surface area (Å²) in [6, 6.07) is 17.9. The van der Waals surface area contributed by atoms with Gasteiger partial charge in [-0.2, -0.15) is 0 Å². The van der Waals surface area contributed by atoms with Crippen molar-refractivity contribution >= 4 is 11.9 Å². The quantitative estimate of drug-likeness (QED) is 0.241. The van der Waals surface area contributed by atoms with Gasteiger partial charge in [-0.15, -0.1) is 0 Å². The minimum absolute atomic E-state index is 0.145. The highest BCUT2D eigenvalue weighted by Crippen LogP contribution is 2.72. The van der Waals surface area contributed by atoms with E-state index in [4.69, 9.17) is 9.47 Å². The van der Waals surface area contributed by atoms with E-state index in [9.17, 15) is 9.59 Å². The monoisotopic (exact) mass is 512 g/mol. The molecule has 1 saturated heterocycles. The first-order valence-electron chi connectivity index (χ1n) is 14.3. The summed E-state index contributed by atoms with van der Waals surface area (Å²) in [5.74, 6) is 0.842. The third-order valence-electron chi connectivity index (χ3n) is 11.3. The fraction of sp³-hybridized carbons (Fsp3) is 0.529. The molecule has 0 radical (unpaired) electrons. The number of ether oxygens (including phenoxy) is 2. The van der Waals surface area contributed by atoms with Gasteiger partial charge in [-0.05, 0) is 83.4 Å². The van der Waals surface area contributed by atoms with Gasteiger partial charge in [-0.25, -0.2) is 0 Å². The highest BCUT2D eigenvalue weighted by molar-refractivity contribution is 5.80. The second kappa shape index (κ2) is 8.83. The number of fused-ring (bicyclic) bond motifs is 4. The molecule has 0 amide bonds. The zero-order valence-corrected chi connectivity index (χ0v) is 23.2. The van der Waals surface area contributed by atoms with Crippen LogP contribution in [0, 0.1) is 39.4 Å². The zero-order chi connectivity index (χ0) is 26.8. The summed E-state index contributed by atoms with van der Waals surface area (Å²) in [5.41, 5.74) is 1.83. The standard InChI is InChI=1S/C34H40O4/c1-31(2)18-8-19-32(3)27(31)17-20-33(4)28(32)16-15-26(34(33)21-29(35)37-22-34)30(36)38-25-13-11-24(12-14-25)23-9-6-5-7-10-23/h5-14,18,26-28H,15-17,19-22H2,1-4H3/t26-,27?,28-,32+,33-,34+/m1/s1. The Morgan fingerprint density at radius 3 is 2.29 bits per heavy atom. The Balaban J connectivity index is 1.29. The Morgan fingerprint density at radius 2 is 1.61 bits per heavy atom. The smallest absolute Gasteiger partial charge is 0.315 e. The minimum atomic E-state index is -0.520. The molecule has 3 fully saturated rings. The average Bonchev–Trinajstić information content (AvgIpc) is 3.28. The molecule has 0 N–H and O–H groups in total. The Morgan fingerprint density at radius 1 is 0.895 bits per heavy atom. The van der Waals surface area contributed by atoms with Crippen LogP contribution >= 0.6 is 0 Å². The molecule has 3 aliphatic carbocycles. The first kappa shape index (κ1) is 25.4. The molecule has 1 aliphatic heterocycles. The van der Waals surface area contributed by atoms with Crippen molar-refractivity contribution in [2.45, 2.75) is 66.2 Å². The minimum Gasteiger partial charge on any atom is -0.465 e. The van der Waals surface area contributed by atoms with E-state index in [1.165, 1.54) is 0 Å². The van der Waals surface area contributed by atoms with Gasteiger partial charge in [0.1, 0.15) is 5.75 Å². The van der Waals surface area contributed by atoms with Gasteiger partial charge < -0.3 is 9.47 Å². The predicted molar refractivity (Wildman–Crippen MR) is 148 cm³/mol. The number of benzene rings is 2. The van der Waals surface area contributed by atoms with Crippen molar-refractivity contribution in [3.8, 4) is 16.9 Å². The molecular formula is C34H40O4. The second-order valence-electron chi connectivity index (χ2n) is 13.4. The number of carbonyl (C=O) groups excluding carboxylic acids is 2. The third kappa shape index (κ3) is 3.70. The summed E-state index contributed by atoms with van der Waals surface area (Å²) in [6.45, 7) is 9.91. The lowest BCUT2D eigenvalue weighted by Crippen LogP contribution is -2.64. The van der Waals surface area contributed by atoms with E-state index in [0.717, 1.165) is 43.2 Å². The number of hydrogen-bond acceptors (Lipinski definition) is 4. The molecule has 1 heterocycles. The highest BCUT2D eigenvalue weighted by atomic mass is 16.5. The topological polar surface area (TPSA) is 52.6 Å². The normalized spacial score (nSPS) is 37.3. The van der Waals surface area contributed by atoms with E-state index in [2.05, 4.69) is 52.0 Å². The summed E-state index contributed by atoms with van der Waals surface area (Å²) in [6.07, 6.45) is 10.0.